The fourth-order valence-corrected chi connectivity index (χ4v) is 10.7. The standard InChI is InChI=1S/C34H45NO5Si/c1-6-27-22-23-28(16-15-25-39-32-21-13-14-24-38-32)35(33(36)37-5)31(27)26-40-41(34(2,3)4,29-17-9-7-10-18-29)30-19-11-8-12-20-30/h7-12,17-20,23,27,31-32H,6,13-14,21-22,24-26H2,1-5H3/t27-,31-,32?/m1/s1. The van der Waals surface area contributed by atoms with E-state index in [2.05, 4.69) is 94.1 Å². The minimum atomic E-state index is -2.79. The normalized spacial score (nSPS) is 21.4. The molecular weight excluding hydrogens is 530 g/mol. The molecule has 0 bridgehead atoms. The van der Waals surface area contributed by atoms with E-state index in [1.807, 2.05) is 12.1 Å². The van der Waals surface area contributed by atoms with Crippen LogP contribution in [0, 0.1) is 17.8 Å². The maximum atomic E-state index is 13.3. The van der Waals surface area contributed by atoms with Gasteiger partial charge in [-0.2, -0.15) is 0 Å². The number of nitrogens with zero attached hydrogens (tertiary/aromatic N) is 1. The highest BCUT2D eigenvalue weighted by Crippen LogP contribution is 2.38. The Kier molecular flexibility index (Phi) is 10.9. The van der Waals surface area contributed by atoms with Crippen molar-refractivity contribution in [3.63, 3.8) is 0 Å². The van der Waals surface area contributed by atoms with Gasteiger partial charge in [0.15, 0.2) is 6.29 Å². The van der Waals surface area contributed by atoms with Crippen molar-refractivity contribution in [1.82, 2.24) is 4.90 Å². The van der Waals surface area contributed by atoms with Crippen LogP contribution in [0.2, 0.25) is 5.04 Å². The van der Waals surface area contributed by atoms with E-state index in [0.29, 0.717) is 12.3 Å². The van der Waals surface area contributed by atoms with E-state index in [1.54, 1.807) is 4.90 Å². The van der Waals surface area contributed by atoms with Crippen molar-refractivity contribution in [2.45, 2.75) is 77.2 Å². The lowest BCUT2D eigenvalue weighted by atomic mass is 9.89. The molecule has 0 N–H and O–H groups in total. The molecule has 2 heterocycles. The summed E-state index contributed by atoms with van der Waals surface area (Å²) < 4.78 is 24.1. The Balaban J connectivity index is 1.65. The Labute approximate surface area is 247 Å². The van der Waals surface area contributed by atoms with Gasteiger partial charge in [0.25, 0.3) is 8.32 Å². The molecular formula is C34H45NO5Si. The van der Waals surface area contributed by atoms with Gasteiger partial charge in [-0.25, -0.2) is 4.79 Å². The summed E-state index contributed by atoms with van der Waals surface area (Å²) >= 11 is 0. The summed E-state index contributed by atoms with van der Waals surface area (Å²) in [6.07, 6.45) is 6.21. The highest BCUT2D eigenvalue weighted by atomic mass is 28.4. The van der Waals surface area contributed by atoms with Gasteiger partial charge in [0.2, 0.25) is 0 Å². The van der Waals surface area contributed by atoms with Gasteiger partial charge >= 0.3 is 6.09 Å². The van der Waals surface area contributed by atoms with Crippen LogP contribution in [0.5, 0.6) is 0 Å². The van der Waals surface area contributed by atoms with Gasteiger partial charge < -0.3 is 18.6 Å². The monoisotopic (exact) mass is 575 g/mol. The topological polar surface area (TPSA) is 57.2 Å². The fraction of sp³-hybridized carbons (Fsp3) is 0.500. The van der Waals surface area contributed by atoms with Crippen LogP contribution in [0.4, 0.5) is 4.79 Å². The SMILES string of the molecule is CC[C@@H]1CC=C(C#CCOC2CCCCO2)N(C(=O)OC)[C@@H]1CO[Si](c1ccccc1)(c1ccccc1)C(C)(C)C. The largest absolute Gasteiger partial charge is 0.452 e. The molecule has 0 spiro atoms. The molecule has 3 atom stereocenters. The van der Waals surface area contributed by atoms with Crippen molar-refractivity contribution in [2.24, 2.45) is 5.92 Å². The Hall–Kier alpha value is -2.89. The average Bonchev–Trinajstić information content (AvgIpc) is 3.00. The predicted octanol–water partition coefficient (Wildman–Crippen LogP) is 5.86. The van der Waals surface area contributed by atoms with E-state index in [9.17, 15) is 4.79 Å². The first-order chi connectivity index (χ1) is 19.8. The fourth-order valence-electron chi connectivity index (χ4n) is 6.08. The first kappa shape index (κ1) is 31.1. The molecule has 4 rings (SSSR count). The lowest BCUT2D eigenvalue weighted by Crippen LogP contribution is -2.67. The zero-order valence-electron chi connectivity index (χ0n) is 25.2. The van der Waals surface area contributed by atoms with Crippen molar-refractivity contribution < 1.29 is 23.4 Å². The number of amides is 1. The maximum Gasteiger partial charge on any atom is 0.414 e. The van der Waals surface area contributed by atoms with Crippen LogP contribution in [0.3, 0.4) is 0 Å². The molecule has 41 heavy (non-hydrogen) atoms. The smallest absolute Gasteiger partial charge is 0.414 e. The summed E-state index contributed by atoms with van der Waals surface area (Å²) in [5.74, 6) is 6.53. The summed E-state index contributed by atoms with van der Waals surface area (Å²) in [7, 11) is -1.37. The number of ether oxygens (including phenoxy) is 3. The van der Waals surface area contributed by atoms with E-state index in [0.717, 1.165) is 38.7 Å². The van der Waals surface area contributed by atoms with Gasteiger partial charge in [0, 0.05) is 6.61 Å². The summed E-state index contributed by atoms with van der Waals surface area (Å²) in [6, 6.07) is 21.0. The molecule has 1 amide bonds. The molecule has 2 aliphatic heterocycles. The number of hydrogen-bond acceptors (Lipinski definition) is 5. The molecule has 2 aromatic rings. The van der Waals surface area contributed by atoms with Gasteiger partial charge in [0.1, 0.15) is 6.61 Å². The van der Waals surface area contributed by atoms with E-state index in [1.165, 1.54) is 17.5 Å². The number of allylic oxidation sites excluding steroid dienone is 2. The molecule has 1 unspecified atom stereocenters. The molecule has 0 aromatic heterocycles. The highest BCUT2D eigenvalue weighted by molar-refractivity contribution is 6.99. The Bertz CT molecular complexity index is 1170. The highest BCUT2D eigenvalue weighted by Gasteiger charge is 2.51. The Morgan fingerprint density at radius 1 is 1.05 bits per heavy atom. The van der Waals surface area contributed by atoms with Crippen LogP contribution < -0.4 is 10.4 Å². The number of carbonyl (C=O) groups excluding carboxylic acids is 1. The first-order valence-corrected chi connectivity index (χ1v) is 16.8. The minimum absolute atomic E-state index is 0.167. The van der Waals surface area contributed by atoms with Crippen molar-refractivity contribution in [3.05, 3.63) is 72.4 Å². The first-order valence-electron chi connectivity index (χ1n) is 14.9. The van der Waals surface area contributed by atoms with Crippen LogP contribution >= 0.6 is 0 Å². The molecule has 2 aromatic carbocycles. The summed E-state index contributed by atoms with van der Waals surface area (Å²) in [4.78, 5) is 15.0. The van der Waals surface area contributed by atoms with Crippen LogP contribution in [0.25, 0.3) is 0 Å². The third-order valence-electron chi connectivity index (χ3n) is 8.23. The van der Waals surface area contributed by atoms with Crippen LogP contribution in [0.1, 0.15) is 59.8 Å². The number of rotatable bonds is 8. The van der Waals surface area contributed by atoms with Crippen molar-refractivity contribution >= 4 is 24.8 Å². The lowest BCUT2D eigenvalue weighted by Gasteiger charge is -2.46. The van der Waals surface area contributed by atoms with E-state index in [-0.39, 0.29) is 29.9 Å². The molecule has 1 fully saturated rings. The van der Waals surface area contributed by atoms with E-state index < -0.39 is 14.4 Å². The van der Waals surface area contributed by atoms with Crippen molar-refractivity contribution in [1.29, 1.82) is 0 Å². The molecule has 0 radical (unpaired) electrons. The van der Waals surface area contributed by atoms with Gasteiger partial charge in [-0.1, -0.05) is 107 Å². The molecule has 6 nitrogen and oxygen atoms in total. The maximum absolute atomic E-state index is 13.3. The predicted molar refractivity (Wildman–Crippen MR) is 165 cm³/mol. The Morgan fingerprint density at radius 3 is 2.24 bits per heavy atom. The molecule has 1 saturated heterocycles. The van der Waals surface area contributed by atoms with Crippen molar-refractivity contribution in [2.75, 3.05) is 26.9 Å². The van der Waals surface area contributed by atoms with Crippen LogP contribution in [-0.4, -0.2) is 58.6 Å². The van der Waals surface area contributed by atoms with Crippen LogP contribution in [0.15, 0.2) is 72.4 Å². The minimum Gasteiger partial charge on any atom is -0.452 e. The third-order valence-corrected chi connectivity index (χ3v) is 13.2. The van der Waals surface area contributed by atoms with Gasteiger partial charge in [0.05, 0.1) is 25.5 Å². The molecule has 7 heteroatoms. The lowest BCUT2D eigenvalue weighted by molar-refractivity contribution is -0.154. The second-order valence-corrected chi connectivity index (χ2v) is 16.1. The number of methoxy groups -OCH3 is 1. The zero-order chi connectivity index (χ0) is 29.3. The van der Waals surface area contributed by atoms with Crippen molar-refractivity contribution in [3.8, 4) is 11.8 Å². The second kappa shape index (κ2) is 14.3. The molecule has 220 valence electrons. The number of benzene rings is 2. The summed E-state index contributed by atoms with van der Waals surface area (Å²) in [6.45, 7) is 10.3. The molecule has 0 saturated carbocycles. The second-order valence-electron chi connectivity index (χ2n) is 11.8. The van der Waals surface area contributed by atoms with Gasteiger partial charge in [-0.3, -0.25) is 4.90 Å². The summed E-state index contributed by atoms with van der Waals surface area (Å²) in [5, 5.41) is 2.26. The zero-order valence-corrected chi connectivity index (χ0v) is 26.2. The quantitative estimate of drug-likeness (QED) is 0.292. The number of hydrogen-bond donors (Lipinski definition) is 0. The van der Waals surface area contributed by atoms with E-state index >= 15 is 0 Å². The number of carbonyl (C=O) groups is 1. The Morgan fingerprint density at radius 2 is 1.71 bits per heavy atom. The van der Waals surface area contributed by atoms with Gasteiger partial charge in [-0.05, 0) is 52.9 Å². The van der Waals surface area contributed by atoms with E-state index in [4.69, 9.17) is 18.6 Å². The average molecular weight is 576 g/mol. The molecule has 0 aliphatic carbocycles. The molecule has 2 aliphatic rings. The summed E-state index contributed by atoms with van der Waals surface area (Å²) in [5.41, 5.74) is 0.644. The third kappa shape index (κ3) is 7.13. The van der Waals surface area contributed by atoms with Gasteiger partial charge in [-0.15, -0.1) is 0 Å². The van der Waals surface area contributed by atoms with Crippen LogP contribution in [-0.2, 0) is 18.6 Å².